The summed E-state index contributed by atoms with van der Waals surface area (Å²) in [7, 11) is -10.1. The fourth-order valence-corrected chi connectivity index (χ4v) is 9.60. The van der Waals surface area contributed by atoms with Crippen LogP contribution < -0.4 is 10.6 Å². The van der Waals surface area contributed by atoms with Crippen molar-refractivity contribution in [2.75, 3.05) is 43.8 Å². The minimum absolute atomic E-state index is 0.0107. The molecule has 3 saturated heterocycles. The van der Waals surface area contributed by atoms with E-state index in [1.54, 1.807) is 12.2 Å². The van der Waals surface area contributed by atoms with E-state index in [0.717, 1.165) is 34.4 Å². The summed E-state index contributed by atoms with van der Waals surface area (Å²) in [5.41, 5.74) is -0.0431. The van der Waals surface area contributed by atoms with E-state index in [2.05, 4.69) is 53.7 Å². The van der Waals surface area contributed by atoms with Gasteiger partial charge in [0.1, 0.15) is 43.4 Å². The molecule has 4 aromatic heterocycles. The third-order valence-electron chi connectivity index (χ3n) is 10.5. The van der Waals surface area contributed by atoms with Crippen molar-refractivity contribution in [1.29, 1.82) is 0 Å². The molecule has 3 fully saturated rings. The van der Waals surface area contributed by atoms with E-state index in [0.29, 0.717) is 12.8 Å². The minimum Gasteiger partial charge on any atom is -0.432 e. The Kier molecular flexibility index (Phi) is 18.3. The number of hydrogen-bond donors (Lipinski definition) is 2. The molecule has 0 aromatic carbocycles. The molecule has 3 aliphatic rings. The van der Waals surface area contributed by atoms with E-state index in [4.69, 9.17) is 55.8 Å². The van der Waals surface area contributed by atoms with Crippen LogP contribution in [-0.2, 0) is 74.5 Å². The maximum Gasteiger partial charge on any atom is 0.510 e. The number of carbonyl (C=O) groups excluding carboxylic acids is 4. The van der Waals surface area contributed by atoms with Crippen molar-refractivity contribution in [3.63, 3.8) is 0 Å². The van der Waals surface area contributed by atoms with Crippen molar-refractivity contribution >= 4 is 73.5 Å². The number of halogens is 2. The zero-order valence-corrected chi connectivity index (χ0v) is 41.4. The number of allylic oxidation sites excluding steroid dienone is 2. The number of nitrogens with zero attached hydrogens (tertiary/aromatic N) is 8. The molecule has 32 heteroatoms. The lowest BCUT2D eigenvalue weighted by Crippen LogP contribution is -2.35. The molecule has 398 valence electrons. The number of phosphoric ester groups is 1. The summed E-state index contributed by atoms with van der Waals surface area (Å²) in [5, 5.41) is 5.23. The molecular weight excluding hydrogens is 1020 g/mol. The lowest BCUT2D eigenvalue weighted by Gasteiger charge is -2.26. The minimum atomic E-state index is -5.28. The number of aromatic nitrogens is 8. The largest absolute Gasteiger partial charge is 0.510 e. The average Bonchev–Trinajstić information content (AvgIpc) is 4.11. The molecule has 7 heterocycles. The summed E-state index contributed by atoms with van der Waals surface area (Å²) in [5.74, 6) is -0.896. The molecule has 28 nitrogen and oxygen atoms in total. The molecule has 7 rings (SSSR count). The monoisotopic (exact) mass is 1070 g/mol. The normalized spacial score (nSPS) is 27.5. The van der Waals surface area contributed by atoms with Crippen molar-refractivity contribution in [3.05, 3.63) is 50.6 Å². The van der Waals surface area contributed by atoms with Gasteiger partial charge in [-0.15, -0.1) is 13.2 Å². The molecule has 2 N–H and O–H groups in total. The highest BCUT2D eigenvalue weighted by Crippen LogP contribution is 2.56. The van der Waals surface area contributed by atoms with Crippen molar-refractivity contribution < 1.29 is 92.9 Å². The first kappa shape index (κ1) is 54.8. The van der Waals surface area contributed by atoms with Gasteiger partial charge in [-0.1, -0.05) is 12.2 Å². The summed E-state index contributed by atoms with van der Waals surface area (Å²) >= 11 is 0. The Balaban J connectivity index is 1.22. The summed E-state index contributed by atoms with van der Waals surface area (Å²) < 4.78 is 132. The highest BCUT2D eigenvalue weighted by molar-refractivity contribution is 7.53. The van der Waals surface area contributed by atoms with Crippen molar-refractivity contribution in [2.24, 2.45) is 0 Å². The van der Waals surface area contributed by atoms with E-state index in [-0.39, 0.29) is 46.8 Å². The zero-order chi connectivity index (χ0) is 52.5. The van der Waals surface area contributed by atoms with Gasteiger partial charge in [0.25, 0.3) is 0 Å². The fourth-order valence-electron chi connectivity index (χ4n) is 7.18. The van der Waals surface area contributed by atoms with Crippen LogP contribution >= 0.6 is 15.4 Å². The van der Waals surface area contributed by atoms with E-state index in [9.17, 15) is 28.3 Å². The van der Waals surface area contributed by atoms with Gasteiger partial charge in [-0.05, 0) is 40.5 Å². The van der Waals surface area contributed by atoms with Crippen LogP contribution in [0.15, 0.2) is 50.6 Å². The quantitative estimate of drug-likeness (QED) is 0.0492. The Hall–Kier alpha value is -5.94. The first-order chi connectivity index (χ1) is 34.9. The van der Waals surface area contributed by atoms with Crippen LogP contribution in [0.2, 0.25) is 0 Å². The number of amides is 2. The Morgan fingerprint density at radius 2 is 1.21 bits per heavy atom. The van der Waals surface area contributed by atoms with Gasteiger partial charge >= 0.3 is 27.7 Å². The average molecular weight is 1070 g/mol. The summed E-state index contributed by atoms with van der Waals surface area (Å²) in [6.07, 6.45) is -11.8. The lowest BCUT2D eigenvalue weighted by molar-refractivity contribution is -0.117. The van der Waals surface area contributed by atoms with Crippen LogP contribution in [0.1, 0.15) is 65.8 Å². The van der Waals surface area contributed by atoms with Crippen LogP contribution in [0.4, 0.5) is 30.0 Å². The van der Waals surface area contributed by atoms with Gasteiger partial charge in [0.2, 0.25) is 25.4 Å². The van der Waals surface area contributed by atoms with Crippen LogP contribution in [0, 0.1) is 0 Å². The first-order valence-electron chi connectivity index (χ1n) is 22.4. The summed E-state index contributed by atoms with van der Waals surface area (Å²) in [6, 6.07) is 0. The second-order valence-electron chi connectivity index (χ2n) is 16.5. The smallest absolute Gasteiger partial charge is 0.432 e. The molecule has 0 spiro atoms. The standard InChI is InChI=1S/C41H52F2N10O18P2/c1-7-9-11-26(54)50-34-30-36(46-15-44-34)52(17-48-30)38-28(42)32-24(69-38)14-64-73(59,66-20-61-41(57)68-23(5)6)71-33-25(13-63-72(58,21-62-32)65-19-60-40(56)67-22(3)4)70-39(29(33)43)53-18-49-31-35(45-16-47-37(31)53)51-27(55)12-10-8-2/h7-8,15-18,22-25,28-29,32-33,38-39H,1-2,9-14,19-21H2,3-6H3,(H,44,46,50,54)(H,45,47,51,55)/t24-,25-,28-,29-,32-,33-,38-,39-,72?,73?/m1/s1. The highest BCUT2D eigenvalue weighted by atomic mass is 31.2. The predicted octanol–water partition coefficient (Wildman–Crippen LogP) is 6.09. The van der Waals surface area contributed by atoms with Crippen molar-refractivity contribution in [2.45, 2.75) is 115 Å². The van der Waals surface area contributed by atoms with Gasteiger partial charge in [0, 0.05) is 12.8 Å². The SMILES string of the molecule is C=CCCC(=O)Nc1ncnc2c1ncn2[C@@H]1O[C@@H]2COP(=O)(OCOC(=O)OC(C)C)O[C@H]3[C@@H](F)[C@H](n4cnc5c(NC(=O)CCC=C)ncnc54)O[C@@H]3COP(=O)(OCOC(=O)OC(C)C)CO[C@H]2[C@H]1F. The summed E-state index contributed by atoms with van der Waals surface area (Å²) in [4.78, 5) is 74.8. The second kappa shape index (κ2) is 24.4. The maximum absolute atomic E-state index is 17.2. The van der Waals surface area contributed by atoms with Gasteiger partial charge in [0.15, 0.2) is 58.8 Å². The number of nitrogens with one attached hydrogen (secondary N) is 2. The number of ether oxygens (including phenoxy) is 7. The topological polar surface area (TPSA) is 324 Å². The van der Waals surface area contributed by atoms with Gasteiger partial charge in [-0.2, -0.15) is 0 Å². The molecule has 0 bridgehead atoms. The molecule has 2 amide bonds. The van der Waals surface area contributed by atoms with Crippen molar-refractivity contribution in [1.82, 2.24) is 39.0 Å². The number of imidazole rings is 2. The number of carbonyl (C=O) groups is 4. The molecule has 0 radical (unpaired) electrons. The Bertz CT molecular complexity index is 2730. The Morgan fingerprint density at radius 1 is 0.726 bits per heavy atom. The first-order valence-corrected chi connectivity index (χ1v) is 25.6. The van der Waals surface area contributed by atoms with Crippen LogP contribution in [0.25, 0.3) is 22.3 Å². The number of fused-ring (bicyclic) bond motifs is 4. The predicted molar refractivity (Wildman–Crippen MR) is 243 cm³/mol. The van der Waals surface area contributed by atoms with Crippen LogP contribution in [0.3, 0.4) is 0 Å². The Morgan fingerprint density at radius 3 is 1.71 bits per heavy atom. The van der Waals surface area contributed by atoms with E-state index >= 15 is 8.78 Å². The number of anilines is 2. The number of hydrogen-bond acceptors (Lipinski definition) is 24. The third-order valence-corrected chi connectivity index (χ3v) is 13.3. The molecule has 4 aromatic rings. The van der Waals surface area contributed by atoms with Gasteiger partial charge in [-0.3, -0.25) is 36.9 Å². The molecular formula is C41H52F2N10O18P2. The molecule has 73 heavy (non-hydrogen) atoms. The number of rotatable bonds is 18. The van der Waals surface area contributed by atoms with Gasteiger partial charge in [0.05, 0.1) is 38.1 Å². The van der Waals surface area contributed by atoms with Crippen molar-refractivity contribution in [3.8, 4) is 0 Å². The maximum atomic E-state index is 17.2. The highest BCUT2D eigenvalue weighted by Gasteiger charge is 2.54. The second-order valence-corrected chi connectivity index (χ2v) is 20.1. The summed E-state index contributed by atoms with van der Waals surface area (Å²) in [6.45, 7) is 9.18. The molecule has 10 atom stereocenters. The van der Waals surface area contributed by atoms with Crippen LogP contribution in [0.5, 0.6) is 0 Å². The van der Waals surface area contributed by atoms with E-state index in [1.807, 2.05) is 0 Å². The number of phosphoric acid groups is 1. The van der Waals surface area contributed by atoms with Crippen LogP contribution in [-0.4, -0.2) is 145 Å². The Labute approximate surface area is 413 Å². The van der Waals surface area contributed by atoms with E-state index in [1.165, 1.54) is 27.7 Å². The van der Waals surface area contributed by atoms with Gasteiger partial charge in [-0.25, -0.2) is 57.4 Å². The lowest BCUT2D eigenvalue weighted by atomic mass is 10.1. The zero-order valence-electron chi connectivity index (χ0n) is 39.6. The number of alkyl halides is 2. The molecule has 0 saturated carbocycles. The van der Waals surface area contributed by atoms with Gasteiger partial charge < -0.3 is 48.3 Å². The third kappa shape index (κ3) is 13.6. The van der Waals surface area contributed by atoms with E-state index < -0.39 is 134 Å². The fraction of sp³-hybridized carbons (Fsp3) is 0.561. The molecule has 0 aliphatic carbocycles. The molecule has 2 unspecified atom stereocenters. The molecule has 3 aliphatic heterocycles.